The summed E-state index contributed by atoms with van der Waals surface area (Å²) in [6.07, 6.45) is 3.09. The van der Waals surface area contributed by atoms with E-state index in [1.165, 1.54) is 17.2 Å². The number of amides is 1. The predicted octanol–water partition coefficient (Wildman–Crippen LogP) is 8.54. The largest absolute Gasteiger partial charge is 0.507 e. The highest BCUT2D eigenvalue weighted by molar-refractivity contribution is 6.36. The van der Waals surface area contributed by atoms with Crippen molar-refractivity contribution in [3.05, 3.63) is 94.1 Å². The van der Waals surface area contributed by atoms with Gasteiger partial charge in [-0.05, 0) is 71.9 Å². The lowest BCUT2D eigenvalue weighted by Gasteiger charge is -2.23. The lowest BCUT2D eigenvalue weighted by atomic mass is 9.83. The molecule has 0 atom stereocenters. The van der Waals surface area contributed by atoms with Gasteiger partial charge in [0.1, 0.15) is 11.5 Å². The molecule has 1 amide bonds. The van der Waals surface area contributed by atoms with Gasteiger partial charge < -0.3 is 30.6 Å². The third kappa shape index (κ3) is 5.13. The van der Waals surface area contributed by atoms with Crippen molar-refractivity contribution in [3.63, 3.8) is 0 Å². The van der Waals surface area contributed by atoms with Gasteiger partial charge in [-0.1, -0.05) is 64.6 Å². The number of phenols is 6. The van der Waals surface area contributed by atoms with Crippen molar-refractivity contribution in [1.29, 1.82) is 0 Å². The molecule has 0 radical (unpaired) electrons. The first kappa shape index (κ1) is 34.6. The maximum absolute atomic E-state index is 13.8. The van der Waals surface area contributed by atoms with Gasteiger partial charge in [-0.2, -0.15) is 10.1 Å². The van der Waals surface area contributed by atoms with Gasteiger partial charge in [0.05, 0.1) is 22.5 Å². The van der Waals surface area contributed by atoms with Crippen molar-refractivity contribution < 1.29 is 40.2 Å². The van der Waals surface area contributed by atoms with Crippen molar-refractivity contribution >= 4 is 51.2 Å². The molecule has 51 heavy (non-hydrogen) atoms. The highest BCUT2D eigenvalue weighted by Crippen LogP contribution is 2.55. The molecule has 0 bridgehead atoms. The second-order valence-corrected chi connectivity index (χ2v) is 13.4. The second kappa shape index (κ2) is 12.5. The van der Waals surface area contributed by atoms with Gasteiger partial charge in [0.25, 0.3) is 5.91 Å². The fourth-order valence-corrected chi connectivity index (χ4v) is 7.23. The molecule has 0 saturated carbocycles. The monoisotopic (exact) mass is 686 g/mol. The third-order valence-electron chi connectivity index (χ3n) is 9.50. The molecule has 0 unspecified atom stereocenters. The number of aryl methyl sites for hydroxylation is 2. The van der Waals surface area contributed by atoms with Crippen LogP contribution in [0.5, 0.6) is 34.5 Å². The smallest absolute Gasteiger partial charge is 0.281 e. The molecule has 10 nitrogen and oxygen atoms in total. The van der Waals surface area contributed by atoms with Gasteiger partial charge in [0.2, 0.25) is 0 Å². The van der Waals surface area contributed by atoms with Gasteiger partial charge in [-0.15, -0.1) is 0 Å². The van der Waals surface area contributed by atoms with Crippen LogP contribution in [0.2, 0.25) is 0 Å². The van der Waals surface area contributed by atoms with Crippen LogP contribution in [0.15, 0.2) is 65.8 Å². The van der Waals surface area contributed by atoms with Crippen molar-refractivity contribution in [2.24, 2.45) is 5.10 Å². The van der Waals surface area contributed by atoms with Crippen LogP contribution in [0.3, 0.4) is 0 Å². The molecule has 0 spiro atoms. The van der Waals surface area contributed by atoms with E-state index in [9.17, 15) is 40.2 Å². The Labute approximate surface area is 294 Å². The number of allylic oxidation sites excluding steroid dienone is 1. The highest BCUT2D eigenvalue weighted by Gasteiger charge is 2.33. The highest BCUT2D eigenvalue weighted by atomic mass is 16.3. The molecular formula is C41H38N2O8. The minimum atomic E-state index is -0.674. The molecular weight excluding hydrogens is 648 g/mol. The number of aldehydes is 1. The molecule has 0 saturated heterocycles. The molecule has 5 aromatic rings. The minimum Gasteiger partial charge on any atom is -0.507 e. The number of para-hydroxylation sites is 1. The molecule has 10 heteroatoms. The number of carbonyl (C=O) groups excluding carboxylic acids is 2. The van der Waals surface area contributed by atoms with E-state index in [1.54, 1.807) is 70.2 Å². The Hall–Kier alpha value is -6.29. The molecule has 6 N–H and O–H groups in total. The maximum atomic E-state index is 13.8. The normalized spacial score (nSPS) is 14.0. The first-order chi connectivity index (χ1) is 24.2. The zero-order valence-electron chi connectivity index (χ0n) is 29.0. The van der Waals surface area contributed by atoms with Crippen LogP contribution in [0.4, 0.5) is 5.69 Å². The summed E-state index contributed by atoms with van der Waals surface area (Å²) in [5, 5.41) is 75.4. The molecule has 260 valence electrons. The molecule has 1 heterocycles. The molecule has 1 aliphatic rings. The van der Waals surface area contributed by atoms with Crippen molar-refractivity contribution in [3.8, 4) is 45.6 Å². The fourth-order valence-electron chi connectivity index (χ4n) is 7.23. The Bertz CT molecular complexity index is 2410. The van der Waals surface area contributed by atoms with Gasteiger partial charge in [0.15, 0.2) is 29.3 Å². The van der Waals surface area contributed by atoms with E-state index in [-0.39, 0.29) is 61.9 Å². The number of phenolic OH excluding ortho intramolecular Hbond substituents is 6. The molecule has 0 aromatic heterocycles. The van der Waals surface area contributed by atoms with Gasteiger partial charge in [0, 0.05) is 38.6 Å². The summed E-state index contributed by atoms with van der Waals surface area (Å²) in [5.74, 6) is -4.09. The Morgan fingerprint density at radius 3 is 1.63 bits per heavy atom. The standard InChI is InChI=1S/C41H38N2O8/c1-8-28-23(41(51)43(42-28)22-12-10-9-11-13-22)16-26-33-24(29(18(2)3)39(49)35(26)45)14-20(6)31(37(33)47)32-21(7)15-25-30(19(4)5)40(50)36(46)27(17-44)34(25)38(32)48/h8-19,45-50H,1H2,2-7H3/b23-16-. The molecule has 1 aliphatic heterocycles. The Morgan fingerprint density at radius 1 is 0.706 bits per heavy atom. The maximum Gasteiger partial charge on any atom is 0.281 e. The SMILES string of the molecule is C=CC1=NN(c2ccccc2)C(=O)/C1=C\c1c(O)c(O)c(C(C)C)c2cc(C)c(-c3c(C)cc4c(C(C)C)c(O)c(O)c(C=O)c4c3O)c(O)c12. The van der Waals surface area contributed by atoms with E-state index in [2.05, 4.69) is 11.7 Å². The summed E-state index contributed by atoms with van der Waals surface area (Å²) >= 11 is 0. The van der Waals surface area contributed by atoms with E-state index in [0.717, 1.165) is 0 Å². The number of benzene rings is 5. The van der Waals surface area contributed by atoms with E-state index in [0.29, 0.717) is 45.0 Å². The number of carbonyl (C=O) groups is 2. The molecule has 0 aliphatic carbocycles. The Balaban J connectivity index is 1.73. The first-order valence-electron chi connectivity index (χ1n) is 16.4. The van der Waals surface area contributed by atoms with Crippen LogP contribution in [-0.2, 0) is 4.79 Å². The number of anilines is 1. The van der Waals surface area contributed by atoms with Crippen LogP contribution in [-0.4, -0.2) is 48.5 Å². The molecule has 5 aromatic carbocycles. The average molecular weight is 687 g/mol. The fraction of sp³-hybridized carbons (Fsp3) is 0.195. The van der Waals surface area contributed by atoms with Crippen LogP contribution in [0, 0.1) is 13.8 Å². The van der Waals surface area contributed by atoms with Crippen molar-refractivity contribution in [2.75, 3.05) is 5.01 Å². The van der Waals surface area contributed by atoms with E-state index < -0.39 is 34.7 Å². The summed E-state index contributed by atoms with van der Waals surface area (Å²) in [7, 11) is 0. The average Bonchev–Trinajstić information content (AvgIpc) is 3.40. The zero-order chi connectivity index (χ0) is 37.2. The second-order valence-electron chi connectivity index (χ2n) is 13.4. The molecule has 0 fully saturated rings. The van der Waals surface area contributed by atoms with E-state index in [4.69, 9.17) is 0 Å². The quantitative estimate of drug-likeness (QED) is 0.0562. The molecule has 6 rings (SSSR count). The number of hydrazone groups is 1. The van der Waals surface area contributed by atoms with Crippen LogP contribution < -0.4 is 5.01 Å². The summed E-state index contributed by atoms with van der Waals surface area (Å²) in [6, 6.07) is 12.1. The summed E-state index contributed by atoms with van der Waals surface area (Å²) in [5.41, 5.74) is 2.25. The van der Waals surface area contributed by atoms with E-state index >= 15 is 0 Å². The summed E-state index contributed by atoms with van der Waals surface area (Å²) in [6.45, 7) is 14.5. The minimum absolute atomic E-state index is 0.00773. The predicted molar refractivity (Wildman–Crippen MR) is 199 cm³/mol. The topological polar surface area (TPSA) is 171 Å². The third-order valence-corrected chi connectivity index (χ3v) is 9.50. The van der Waals surface area contributed by atoms with Crippen LogP contribution in [0.25, 0.3) is 38.7 Å². The van der Waals surface area contributed by atoms with Crippen molar-refractivity contribution in [2.45, 2.75) is 53.4 Å². The van der Waals surface area contributed by atoms with Gasteiger partial charge >= 0.3 is 0 Å². The zero-order valence-corrected chi connectivity index (χ0v) is 29.0. The summed E-state index contributed by atoms with van der Waals surface area (Å²) < 4.78 is 0. The van der Waals surface area contributed by atoms with Crippen LogP contribution in [0.1, 0.15) is 77.7 Å². The van der Waals surface area contributed by atoms with E-state index in [1.807, 2.05) is 13.8 Å². The lowest BCUT2D eigenvalue weighted by Crippen LogP contribution is -2.21. The number of nitrogens with zero attached hydrogens (tertiary/aromatic N) is 2. The number of aromatic hydroxyl groups is 6. The van der Waals surface area contributed by atoms with Crippen molar-refractivity contribution in [1.82, 2.24) is 0 Å². The first-order valence-corrected chi connectivity index (χ1v) is 16.4. The Morgan fingerprint density at radius 2 is 1.18 bits per heavy atom. The summed E-state index contributed by atoms with van der Waals surface area (Å²) in [4.78, 5) is 26.1. The number of hydrogen-bond acceptors (Lipinski definition) is 9. The number of fused-ring (bicyclic) bond motifs is 2. The lowest BCUT2D eigenvalue weighted by molar-refractivity contribution is -0.114. The number of rotatable bonds is 7. The van der Waals surface area contributed by atoms with Crippen LogP contribution >= 0.6 is 0 Å². The van der Waals surface area contributed by atoms with Gasteiger partial charge in [-0.3, -0.25) is 9.59 Å². The Kier molecular flexibility index (Phi) is 8.51. The number of hydrogen-bond donors (Lipinski definition) is 6. The van der Waals surface area contributed by atoms with Gasteiger partial charge in [-0.25, -0.2) is 0 Å².